The molecule has 0 unspecified atom stereocenters. The number of alkyl halides is 3. The van der Waals surface area contributed by atoms with Crippen LogP contribution in [0, 0.1) is 0 Å². The van der Waals surface area contributed by atoms with Gasteiger partial charge in [0.1, 0.15) is 11.5 Å². The number of nitrogens with zero attached hydrogens (tertiary/aromatic N) is 1. The third-order valence-corrected chi connectivity index (χ3v) is 4.77. The summed E-state index contributed by atoms with van der Waals surface area (Å²) in [6, 6.07) is 7.19. The number of hydrogen-bond donors (Lipinski definition) is 1. The molecule has 0 saturated carbocycles. The smallest absolute Gasteiger partial charge is 0.416 e. The number of rotatable bonds is 6. The molecule has 0 spiro atoms. The highest BCUT2D eigenvalue weighted by Crippen LogP contribution is 2.29. The Morgan fingerprint density at radius 3 is 2.37 bits per heavy atom. The number of carbonyl (C=O) groups excluding carboxylic acids is 1. The van der Waals surface area contributed by atoms with Crippen molar-refractivity contribution < 1.29 is 30.8 Å². The number of carbonyl (C=O) groups is 1. The molecule has 6 nitrogen and oxygen atoms in total. The van der Waals surface area contributed by atoms with E-state index in [-0.39, 0.29) is 12.2 Å². The minimum Gasteiger partial charge on any atom is -0.460 e. The SMILES string of the molecule is CN(Cc1ccc(/C=C/C(=O)Nc2ccc(C(F)(F)F)cc2)o1)S(C)(=O)=O. The molecule has 0 aliphatic heterocycles. The van der Waals surface area contributed by atoms with E-state index in [1.807, 2.05) is 0 Å². The fourth-order valence-corrected chi connectivity index (χ4v) is 2.35. The van der Waals surface area contributed by atoms with Gasteiger partial charge in [0.15, 0.2) is 0 Å². The van der Waals surface area contributed by atoms with Gasteiger partial charge in [-0.05, 0) is 42.5 Å². The molecule has 1 heterocycles. The van der Waals surface area contributed by atoms with Gasteiger partial charge < -0.3 is 9.73 Å². The molecule has 2 rings (SSSR count). The lowest BCUT2D eigenvalue weighted by molar-refractivity contribution is -0.137. The average molecular weight is 402 g/mol. The molecule has 0 bridgehead atoms. The molecular formula is C17H17F3N2O4S. The van der Waals surface area contributed by atoms with E-state index in [0.29, 0.717) is 11.5 Å². The lowest BCUT2D eigenvalue weighted by atomic mass is 10.2. The zero-order valence-corrected chi connectivity index (χ0v) is 15.3. The number of hydrogen-bond acceptors (Lipinski definition) is 4. The number of nitrogens with one attached hydrogen (secondary N) is 1. The van der Waals surface area contributed by atoms with Gasteiger partial charge in [-0.2, -0.15) is 17.5 Å². The molecule has 2 aromatic rings. The maximum Gasteiger partial charge on any atom is 0.416 e. The average Bonchev–Trinajstić information content (AvgIpc) is 2.99. The molecule has 1 aromatic carbocycles. The molecule has 1 N–H and O–H groups in total. The van der Waals surface area contributed by atoms with Crippen LogP contribution >= 0.6 is 0 Å². The molecule has 0 saturated heterocycles. The Hall–Kier alpha value is -2.59. The van der Waals surface area contributed by atoms with Gasteiger partial charge in [-0.25, -0.2) is 8.42 Å². The van der Waals surface area contributed by atoms with Crippen molar-refractivity contribution in [2.75, 3.05) is 18.6 Å². The van der Waals surface area contributed by atoms with Gasteiger partial charge in [0.25, 0.3) is 0 Å². The lowest BCUT2D eigenvalue weighted by Crippen LogP contribution is -2.24. The summed E-state index contributed by atoms with van der Waals surface area (Å²) in [5, 5.41) is 2.43. The second-order valence-electron chi connectivity index (χ2n) is 5.72. The van der Waals surface area contributed by atoms with Crippen molar-refractivity contribution in [1.29, 1.82) is 0 Å². The van der Waals surface area contributed by atoms with Gasteiger partial charge in [0, 0.05) is 18.8 Å². The Balaban J connectivity index is 1.95. The summed E-state index contributed by atoms with van der Waals surface area (Å²) in [5.41, 5.74) is -0.592. The summed E-state index contributed by atoms with van der Waals surface area (Å²) < 4.78 is 66.7. The second kappa shape index (κ2) is 7.97. The third kappa shape index (κ3) is 6.26. The van der Waals surface area contributed by atoms with Crippen LogP contribution in [0.3, 0.4) is 0 Å². The van der Waals surface area contributed by atoms with Crippen molar-refractivity contribution in [2.45, 2.75) is 12.7 Å². The first kappa shape index (κ1) is 20.7. The van der Waals surface area contributed by atoms with Crippen molar-refractivity contribution in [3.63, 3.8) is 0 Å². The Bertz CT molecular complexity index is 932. The zero-order valence-electron chi connectivity index (χ0n) is 14.4. The molecule has 0 fully saturated rings. The summed E-state index contributed by atoms with van der Waals surface area (Å²) in [6.07, 6.45) is -0.850. The summed E-state index contributed by atoms with van der Waals surface area (Å²) in [6.45, 7) is 0.0461. The fraction of sp³-hybridized carbons (Fsp3) is 0.235. The van der Waals surface area contributed by atoms with Crippen LogP contribution in [0.2, 0.25) is 0 Å². The van der Waals surface area contributed by atoms with E-state index in [0.717, 1.165) is 40.9 Å². The van der Waals surface area contributed by atoms with E-state index >= 15 is 0 Å². The zero-order chi connectivity index (χ0) is 20.2. The van der Waals surface area contributed by atoms with E-state index in [9.17, 15) is 26.4 Å². The highest BCUT2D eigenvalue weighted by Gasteiger charge is 2.29. The molecule has 0 aliphatic carbocycles. The predicted octanol–water partition coefficient (Wildman–Crippen LogP) is 3.34. The highest BCUT2D eigenvalue weighted by atomic mass is 32.2. The van der Waals surface area contributed by atoms with Crippen molar-refractivity contribution in [3.05, 3.63) is 59.6 Å². The number of furan rings is 1. The van der Waals surface area contributed by atoms with Crippen molar-refractivity contribution in [1.82, 2.24) is 4.31 Å². The maximum atomic E-state index is 12.5. The first-order chi connectivity index (χ1) is 12.4. The third-order valence-electron chi connectivity index (χ3n) is 3.51. The number of benzene rings is 1. The Morgan fingerprint density at radius 2 is 1.81 bits per heavy atom. The minimum absolute atomic E-state index is 0.0461. The molecule has 1 aromatic heterocycles. The number of sulfonamides is 1. The van der Waals surface area contributed by atoms with Crippen LogP contribution in [0.1, 0.15) is 17.1 Å². The van der Waals surface area contributed by atoms with E-state index < -0.39 is 27.7 Å². The Labute approximate surface area is 154 Å². The molecule has 146 valence electrons. The molecular weight excluding hydrogens is 385 g/mol. The fourth-order valence-electron chi connectivity index (χ4n) is 1.99. The van der Waals surface area contributed by atoms with Crippen LogP contribution in [0.25, 0.3) is 6.08 Å². The molecule has 0 atom stereocenters. The molecule has 1 amide bonds. The lowest BCUT2D eigenvalue weighted by Gasteiger charge is -2.11. The molecule has 0 radical (unpaired) electrons. The largest absolute Gasteiger partial charge is 0.460 e. The highest BCUT2D eigenvalue weighted by molar-refractivity contribution is 7.88. The first-order valence-corrected chi connectivity index (χ1v) is 9.46. The standard InChI is InChI=1S/C17H17F3N2O4S/c1-22(27(2,24)25)11-15-8-7-14(26-15)9-10-16(23)21-13-5-3-12(4-6-13)17(18,19)20/h3-10H,11H2,1-2H3,(H,21,23)/b10-9+. The van der Waals surface area contributed by atoms with E-state index in [4.69, 9.17) is 4.42 Å². The number of amides is 1. The van der Waals surface area contributed by atoms with Gasteiger partial charge in [0.05, 0.1) is 18.4 Å². The monoisotopic (exact) mass is 402 g/mol. The van der Waals surface area contributed by atoms with Gasteiger partial charge in [-0.1, -0.05) is 0 Å². The number of halogens is 3. The van der Waals surface area contributed by atoms with Gasteiger partial charge in [0.2, 0.25) is 15.9 Å². The Morgan fingerprint density at radius 1 is 1.19 bits per heavy atom. The topological polar surface area (TPSA) is 79.6 Å². The van der Waals surface area contributed by atoms with Crippen molar-refractivity contribution in [2.24, 2.45) is 0 Å². The maximum absolute atomic E-state index is 12.5. The minimum atomic E-state index is -4.44. The van der Waals surface area contributed by atoms with Crippen LogP contribution in [0.4, 0.5) is 18.9 Å². The second-order valence-corrected chi connectivity index (χ2v) is 7.81. The summed E-state index contributed by atoms with van der Waals surface area (Å²) in [7, 11) is -1.94. The summed E-state index contributed by atoms with van der Waals surface area (Å²) in [5.74, 6) is 0.168. The summed E-state index contributed by atoms with van der Waals surface area (Å²) >= 11 is 0. The van der Waals surface area contributed by atoms with Gasteiger partial charge in [-0.3, -0.25) is 4.79 Å². The predicted molar refractivity (Wildman–Crippen MR) is 94.1 cm³/mol. The van der Waals surface area contributed by atoms with E-state index in [1.165, 1.54) is 13.1 Å². The first-order valence-electron chi connectivity index (χ1n) is 7.61. The van der Waals surface area contributed by atoms with Crippen molar-refractivity contribution >= 4 is 27.7 Å². The quantitative estimate of drug-likeness (QED) is 0.752. The van der Waals surface area contributed by atoms with E-state index in [1.54, 1.807) is 12.1 Å². The van der Waals surface area contributed by atoms with E-state index in [2.05, 4.69) is 5.32 Å². The van der Waals surface area contributed by atoms with Crippen LogP contribution in [0.5, 0.6) is 0 Å². The van der Waals surface area contributed by atoms with Gasteiger partial charge in [-0.15, -0.1) is 0 Å². The summed E-state index contributed by atoms with van der Waals surface area (Å²) in [4.78, 5) is 11.8. The van der Waals surface area contributed by atoms with Crippen LogP contribution in [-0.2, 0) is 27.5 Å². The molecule has 27 heavy (non-hydrogen) atoms. The molecule has 0 aliphatic rings. The molecule has 10 heteroatoms. The van der Waals surface area contributed by atoms with Gasteiger partial charge >= 0.3 is 6.18 Å². The Kier molecular flexibility index (Phi) is 6.11. The normalized spacial score (nSPS) is 12.7. The van der Waals surface area contributed by atoms with Crippen LogP contribution < -0.4 is 5.32 Å². The number of anilines is 1. The van der Waals surface area contributed by atoms with Crippen molar-refractivity contribution in [3.8, 4) is 0 Å². The van der Waals surface area contributed by atoms with Crippen LogP contribution in [0.15, 0.2) is 46.9 Å². The van der Waals surface area contributed by atoms with Crippen LogP contribution in [-0.4, -0.2) is 31.9 Å².